The van der Waals surface area contributed by atoms with Crippen molar-refractivity contribution in [3.63, 3.8) is 0 Å². The van der Waals surface area contributed by atoms with Crippen LogP contribution in [0.5, 0.6) is 0 Å². The molecule has 1 nitrogen and oxygen atoms in total. The van der Waals surface area contributed by atoms with Crippen LogP contribution in [0.25, 0.3) is 0 Å². The number of hydrogen-bond acceptors (Lipinski definition) is 1. The third-order valence-electron chi connectivity index (χ3n) is 8.33. The minimum atomic E-state index is -0.350. The lowest BCUT2D eigenvalue weighted by Gasteiger charge is -2.64. The smallest absolute Gasteiger partial charge is 0.0648 e. The summed E-state index contributed by atoms with van der Waals surface area (Å²) in [6, 6.07) is 0. The number of fused-ring (bicyclic) bond motifs is 3. The number of rotatable bonds is 1. The maximum Gasteiger partial charge on any atom is 0.0648 e. The Kier molecular flexibility index (Phi) is 1.86. The van der Waals surface area contributed by atoms with Crippen LogP contribution in [-0.2, 0) is 0 Å². The zero-order valence-electron chi connectivity index (χ0n) is 12.4. The van der Waals surface area contributed by atoms with E-state index in [1.807, 2.05) is 0 Å². The largest absolute Gasteiger partial charge is 0.390 e. The van der Waals surface area contributed by atoms with E-state index >= 15 is 0 Å². The monoisotopic (exact) mass is 248 g/mol. The summed E-state index contributed by atoms with van der Waals surface area (Å²) in [6.07, 6.45) is 7.93. The van der Waals surface area contributed by atoms with Crippen molar-refractivity contribution in [1.82, 2.24) is 0 Å². The van der Waals surface area contributed by atoms with Gasteiger partial charge >= 0.3 is 0 Å². The second-order valence-corrected chi connectivity index (χ2v) is 9.15. The highest BCUT2D eigenvalue weighted by molar-refractivity contribution is 5.22. The molecule has 0 saturated heterocycles. The SMILES string of the molecule is CC1(O)CCC2(C3CC4CC4(C)C3(C)C)CC1C2. The summed E-state index contributed by atoms with van der Waals surface area (Å²) < 4.78 is 0. The lowest BCUT2D eigenvalue weighted by molar-refractivity contribution is -0.192. The third-order valence-corrected chi connectivity index (χ3v) is 8.33. The van der Waals surface area contributed by atoms with Crippen LogP contribution in [0.3, 0.4) is 0 Å². The van der Waals surface area contributed by atoms with E-state index in [-0.39, 0.29) is 5.60 Å². The molecule has 0 aromatic carbocycles. The van der Waals surface area contributed by atoms with Crippen LogP contribution in [0.2, 0.25) is 0 Å². The van der Waals surface area contributed by atoms with Crippen molar-refractivity contribution in [3.8, 4) is 0 Å². The summed E-state index contributed by atoms with van der Waals surface area (Å²) in [4.78, 5) is 0. The third kappa shape index (κ3) is 1.10. The van der Waals surface area contributed by atoms with Crippen molar-refractivity contribution in [2.24, 2.45) is 34.0 Å². The number of hydrogen-bond donors (Lipinski definition) is 1. The standard InChI is InChI=1S/C17H28O/c1-14(2)13(7-11-8-15(11,14)3)17-6-5-16(4,18)12(9-17)10-17/h11-13,18H,5-10H2,1-4H3. The van der Waals surface area contributed by atoms with Crippen molar-refractivity contribution < 1.29 is 5.11 Å². The molecule has 1 heteroatoms. The van der Waals surface area contributed by atoms with Gasteiger partial charge in [-0.05, 0) is 79.4 Å². The van der Waals surface area contributed by atoms with E-state index in [0.717, 1.165) is 18.3 Å². The molecule has 4 atom stereocenters. The van der Waals surface area contributed by atoms with Gasteiger partial charge in [0.15, 0.2) is 0 Å². The highest BCUT2D eigenvalue weighted by atomic mass is 16.3. The Bertz CT molecular complexity index is 396. The lowest BCUT2D eigenvalue weighted by Crippen LogP contribution is -2.59. The van der Waals surface area contributed by atoms with Crippen LogP contribution in [0, 0.1) is 34.0 Å². The van der Waals surface area contributed by atoms with Gasteiger partial charge in [-0.1, -0.05) is 20.8 Å². The molecule has 5 saturated carbocycles. The molecule has 5 aliphatic carbocycles. The zero-order chi connectivity index (χ0) is 13.0. The summed E-state index contributed by atoms with van der Waals surface area (Å²) in [5.74, 6) is 2.56. The van der Waals surface area contributed by atoms with Gasteiger partial charge in [-0.2, -0.15) is 0 Å². The second-order valence-electron chi connectivity index (χ2n) is 9.15. The Hall–Kier alpha value is -0.0400. The molecular formula is C17H28O. The first kappa shape index (κ1) is 11.8. The van der Waals surface area contributed by atoms with Crippen molar-refractivity contribution in [2.75, 3.05) is 0 Å². The van der Waals surface area contributed by atoms with Gasteiger partial charge in [-0.15, -0.1) is 0 Å². The van der Waals surface area contributed by atoms with E-state index in [1.165, 1.54) is 32.1 Å². The molecule has 2 bridgehead atoms. The van der Waals surface area contributed by atoms with E-state index in [9.17, 15) is 5.11 Å². The van der Waals surface area contributed by atoms with E-state index in [4.69, 9.17) is 0 Å². The number of aliphatic hydroxyl groups is 1. The summed E-state index contributed by atoms with van der Waals surface area (Å²) in [5, 5.41) is 10.4. The molecular weight excluding hydrogens is 220 g/mol. The molecule has 0 aromatic heterocycles. The maximum atomic E-state index is 10.4. The highest BCUT2D eigenvalue weighted by Gasteiger charge is 2.73. The predicted octanol–water partition coefficient (Wildman–Crippen LogP) is 4.00. The summed E-state index contributed by atoms with van der Waals surface area (Å²) in [5.41, 5.74) is 1.45. The first-order valence-corrected chi connectivity index (χ1v) is 7.94. The molecule has 1 N–H and O–H groups in total. The fourth-order valence-corrected chi connectivity index (χ4v) is 6.31. The van der Waals surface area contributed by atoms with Gasteiger partial charge in [-0.3, -0.25) is 0 Å². The first-order chi connectivity index (χ1) is 8.21. The van der Waals surface area contributed by atoms with Crippen LogP contribution < -0.4 is 0 Å². The lowest BCUT2D eigenvalue weighted by atomic mass is 9.42. The van der Waals surface area contributed by atoms with E-state index in [2.05, 4.69) is 27.7 Å². The fourth-order valence-electron chi connectivity index (χ4n) is 6.31. The van der Waals surface area contributed by atoms with Crippen LogP contribution in [-0.4, -0.2) is 10.7 Å². The average molecular weight is 248 g/mol. The van der Waals surface area contributed by atoms with Crippen LogP contribution >= 0.6 is 0 Å². The average Bonchev–Trinajstić information content (AvgIpc) is 2.81. The van der Waals surface area contributed by atoms with Crippen molar-refractivity contribution >= 4 is 0 Å². The molecule has 0 spiro atoms. The van der Waals surface area contributed by atoms with Gasteiger partial charge in [0.1, 0.15) is 0 Å². The first-order valence-electron chi connectivity index (χ1n) is 7.94. The Morgan fingerprint density at radius 3 is 2.00 bits per heavy atom. The van der Waals surface area contributed by atoms with E-state index in [0.29, 0.717) is 22.2 Å². The molecule has 0 radical (unpaired) electrons. The summed E-state index contributed by atoms with van der Waals surface area (Å²) >= 11 is 0. The Morgan fingerprint density at radius 2 is 1.56 bits per heavy atom. The minimum Gasteiger partial charge on any atom is -0.390 e. The Morgan fingerprint density at radius 1 is 0.889 bits per heavy atom. The topological polar surface area (TPSA) is 20.2 Å². The molecule has 5 fully saturated rings. The van der Waals surface area contributed by atoms with Crippen molar-refractivity contribution in [2.45, 2.75) is 71.8 Å². The van der Waals surface area contributed by atoms with Crippen LogP contribution in [0.1, 0.15) is 66.2 Å². The molecule has 5 rings (SSSR count). The van der Waals surface area contributed by atoms with Gasteiger partial charge in [0, 0.05) is 0 Å². The van der Waals surface area contributed by atoms with Crippen molar-refractivity contribution in [3.05, 3.63) is 0 Å². The second kappa shape index (κ2) is 2.85. The van der Waals surface area contributed by atoms with Crippen LogP contribution in [0.4, 0.5) is 0 Å². The quantitative estimate of drug-likeness (QED) is 0.743. The van der Waals surface area contributed by atoms with Crippen LogP contribution in [0.15, 0.2) is 0 Å². The van der Waals surface area contributed by atoms with Gasteiger partial charge in [-0.25, -0.2) is 0 Å². The molecule has 5 aliphatic rings. The molecule has 0 heterocycles. The van der Waals surface area contributed by atoms with Gasteiger partial charge in [0.25, 0.3) is 0 Å². The Balaban J connectivity index is 1.61. The molecule has 0 aromatic rings. The predicted molar refractivity (Wildman–Crippen MR) is 73.1 cm³/mol. The fraction of sp³-hybridized carbons (Fsp3) is 1.00. The molecule has 0 aliphatic heterocycles. The van der Waals surface area contributed by atoms with Gasteiger partial charge in [0.05, 0.1) is 5.60 Å². The Labute approximate surface area is 111 Å². The minimum absolute atomic E-state index is 0.350. The normalized spacial score (nSPS) is 64.2. The highest BCUT2D eigenvalue weighted by Crippen LogP contribution is 2.80. The van der Waals surface area contributed by atoms with Crippen molar-refractivity contribution in [1.29, 1.82) is 0 Å². The van der Waals surface area contributed by atoms with Gasteiger partial charge in [0.2, 0.25) is 0 Å². The van der Waals surface area contributed by atoms with E-state index < -0.39 is 0 Å². The van der Waals surface area contributed by atoms with E-state index in [1.54, 1.807) is 0 Å². The molecule has 0 amide bonds. The summed E-state index contributed by atoms with van der Waals surface area (Å²) in [7, 11) is 0. The summed E-state index contributed by atoms with van der Waals surface area (Å²) in [6.45, 7) is 9.68. The maximum absolute atomic E-state index is 10.4. The zero-order valence-corrected chi connectivity index (χ0v) is 12.4. The molecule has 4 unspecified atom stereocenters. The van der Waals surface area contributed by atoms with Gasteiger partial charge < -0.3 is 5.11 Å². The molecule has 102 valence electrons. The molecule has 18 heavy (non-hydrogen) atoms.